The summed E-state index contributed by atoms with van der Waals surface area (Å²) in [5.74, 6) is -0.256. The van der Waals surface area contributed by atoms with Crippen molar-refractivity contribution in [3.8, 4) is 11.3 Å². The third kappa shape index (κ3) is 1.87. The van der Waals surface area contributed by atoms with Crippen molar-refractivity contribution in [2.75, 3.05) is 0 Å². The van der Waals surface area contributed by atoms with Crippen LogP contribution in [0, 0.1) is 0 Å². The van der Waals surface area contributed by atoms with Gasteiger partial charge in [-0.25, -0.2) is 0 Å². The zero-order chi connectivity index (χ0) is 15.1. The number of pyridine rings is 1. The van der Waals surface area contributed by atoms with Gasteiger partial charge in [0.05, 0.1) is 5.69 Å². The van der Waals surface area contributed by atoms with E-state index in [0.29, 0.717) is 22.3 Å². The molecule has 2 aromatic rings. The van der Waals surface area contributed by atoms with Crippen LogP contribution in [-0.2, 0) is 4.79 Å². The summed E-state index contributed by atoms with van der Waals surface area (Å²) in [6.07, 6.45) is 8.19. The Morgan fingerprint density at radius 1 is 0.955 bits per heavy atom. The van der Waals surface area contributed by atoms with Gasteiger partial charge in [-0.15, -0.1) is 0 Å². The second kappa shape index (κ2) is 4.74. The summed E-state index contributed by atoms with van der Waals surface area (Å²) in [5, 5.41) is 0. The second-order valence-corrected chi connectivity index (χ2v) is 5.21. The highest BCUT2D eigenvalue weighted by Gasteiger charge is 2.28. The van der Waals surface area contributed by atoms with Crippen molar-refractivity contribution in [3.05, 3.63) is 83.1 Å². The highest BCUT2D eigenvalue weighted by atomic mass is 16.1. The van der Waals surface area contributed by atoms with Crippen LogP contribution in [0.4, 0.5) is 0 Å². The predicted octanol–water partition coefficient (Wildman–Crippen LogP) is 3.39. The molecule has 0 saturated heterocycles. The number of benzene rings is 1. The molecule has 3 nitrogen and oxygen atoms in total. The Morgan fingerprint density at radius 3 is 2.59 bits per heavy atom. The number of rotatable bonds is 1. The zero-order valence-electron chi connectivity index (χ0n) is 11.6. The Labute approximate surface area is 127 Å². The first-order valence-corrected chi connectivity index (χ1v) is 6.99. The van der Waals surface area contributed by atoms with Crippen LogP contribution in [0.1, 0.15) is 15.9 Å². The first-order chi connectivity index (χ1) is 10.7. The molecule has 2 aliphatic carbocycles. The molecule has 0 unspecified atom stereocenters. The average molecular weight is 285 g/mol. The molecule has 0 aliphatic heterocycles. The molecule has 4 rings (SSSR count). The van der Waals surface area contributed by atoms with Crippen LogP contribution in [0.3, 0.4) is 0 Å². The maximum Gasteiger partial charge on any atom is 0.194 e. The number of ketones is 2. The van der Waals surface area contributed by atoms with E-state index in [9.17, 15) is 9.59 Å². The summed E-state index contributed by atoms with van der Waals surface area (Å²) in [4.78, 5) is 29.0. The molecule has 0 atom stereocenters. The molecule has 0 N–H and O–H groups in total. The first-order valence-electron chi connectivity index (χ1n) is 6.99. The topological polar surface area (TPSA) is 47.0 Å². The lowest BCUT2D eigenvalue weighted by Crippen LogP contribution is -2.18. The first kappa shape index (κ1) is 12.7. The molecule has 2 aliphatic rings. The lowest BCUT2D eigenvalue weighted by Gasteiger charge is -2.19. The number of aromatic nitrogens is 1. The quantitative estimate of drug-likeness (QED) is 0.806. The predicted molar refractivity (Wildman–Crippen MR) is 84.2 cm³/mol. The van der Waals surface area contributed by atoms with Crippen molar-refractivity contribution in [2.45, 2.75) is 0 Å². The van der Waals surface area contributed by atoms with Gasteiger partial charge in [0.15, 0.2) is 11.6 Å². The van der Waals surface area contributed by atoms with Crippen LogP contribution in [0.25, 0.3) is 17.3 Å². The average Bonchev–Trinajstić information content (AvgIpc) is 2.57. The number of carbonyl (C=O) groups excluding carboxylic acids is 2. The number of Topliss-reactive ketones (excluding diaryl/α,β-unsaturated/α-hetero) is 1. The van der Waals surface area contributed by atoms with Gasteiger partial charge in [0.2, 0.25) is 0 Å². The maximum atomic E-state index is 12.7. The molecule has 0 radical (unpaired) electrons. The zero-order valence-corrected chi connectivity index (χ0v) is 11.6. The summed E-state index contributed by atoms with van der Waals surface area (Å²) >= 11 is 0. The van der Waals surface area contributed by atoms with E-state index in [0.717, 1.165) is 11.3 Å². The number of allylic oxidation sites excluding steroid dienone is 5. The minimum absolute atomic E-state index is 0.121. The van der Waals surface area contributed by atoms with E-state index in [1.807, 2.05) is 30.3 Å². The Kier molecular flexibility index (Phi) is 2.73. The molecule has 104 valence electrons. The largest absolute Gasteiger partial charge is 0.289 e. The molecule has 0 spiro atoms. The lowest BCUT2D eigenvalue weighted by molar-refractivity contribution is -0.111. The van der Waals surface area contributed by atoms with E-state index in [2.05, 4.69) is 4.98 Å². The van der Waals surface area contributed by atoms with Crippen molar-refractivity contribution in [1.82, 2.24) is 4.98 Å². The highest BCUT2D eigenvalue weighted by Crippen LogP contribution is 2.32. The van der Waals surface area contributed by atoms with Crippen LogP contribution in [-0.4, -0.2) is 16.6 Å². The van der Waals surface area contributed by atoms with Crippen molar-refractivity contribution < 1.29 is 9.59 Å². The molecule has 0 bridgehead atoms. The third-order valence-electron chi connectivity index (χ3n) is 3.86. The Balaban J connectivity index is 1.89. The van der Waals surface area contributed by atoms with Gasteiger partial charge < -0.3 is 0 Å². The summed E-state index contributed by atoms with van der Waals surface area (Å²) < 4.78 is 0. The Hall–Kier alpha value is -3.07. The fraction of sp³-hybridized carbons (Fsp3) is 0. The minimum atomic E-state index is -0.136. The summed E-state index contributed by atoms with van der Waals surface area (Å²) in [5.41, 5.74) is 3.91. The van der Waals surface area contributed by atoms with Crippen LogP contribution in [0.15, 0.2) is 72.0 Å². The van der Waals surface area contributed by atoms with Gasteiger partial charge in [-0.1, -0.05) is 42.5 Å². The molecule has 0 saturated carbocycles. The monoisotopic (exact) mass is 285 g/mol. The van der Waals surface area contributed by atoms with Gasteiger partial charge in [-0.3, -0.25) is 14.6 Å². The SMILES string of the molecule is O=C1C=CC=C2C(=O)c3cc(-c4ccccc4)ncc3C=C12. The van der Waals surface area contributed by atoms with Gasteiger partial charge in [0.25, 0.3) is 0 Å². The van der Waals surface area contributed by atoms with E-state index >= 15 is 0 Å². The van der Waals surface area contributed by atoms with Crippen molar-refractivity contribution in [1.29, 1.82) is 0 Å². The van der Waals surface area contributed by atoms with Crippen molar-refractivity contribution in [3.63, 3.8) is 0 Å². The van der Waals surface area contributed by atoms with Crippen LogP contribution >= 0.6 is 0 Å². The standard InChI is InChI=1S/C19H11NO2/c21-18-8-4-7-14-16(18)9-13-11-20-17(10-15(13)19(14)22)12-5-2-1-3-6-12/h1-11H. The van der Waals surface area contributed by atoms with E-state index in [1.54, 1.807) is 30.5 Å². The molecular formula is C19H11NO2. The Bertz CT molecular complexity index is 902. The number of hydrogen-bond donors (Lipinski definition) is 0. The smallest absolute Gasteiger partial charge is 0.194 e. The van der Waals surface area contributed by atoms with E-state index in [4.69, 9.17) is 0 Å². The third-order valence-corrected chi connectivity index (χ3v) is 3.86. The normalized spacial score (nSPS) is 15.8. The van der Waals surface area contributed by atoms with Crippen LogP contribution in [0.5, 0.6) is 0 Å². The van der Waals surface area contributed by atoms with Gasteiger partial charge in [0, 0.05) is 34.0 Å². The number of hydrogen-bond acceptors (Lipinski definition) is 3. The molecule has 1 heterocycles. The van der Waals surface area contributed by atoms with Crippen LogP contribution < -0.4 is 0 Å². The molecule has 0 fully saturated rings. The maximum absolute atomic E-state index is 12.7. The van der Waals surface area contributed by atoms with Gasteiger partial charge in [0.1, 0.15) is 0 Å². The minimum Gasteiger partial charge on any atom is -0.289 e. The molecule has 1 aromatic carbocycles. The van der Waals surface area contributed by atoms with Crippen LogP contribution in [0.2, 0.25) is 0 Å². The molecule has 1 aromatic heterocycles. The highest BCUT2D eigenvalue weighted by molar-refractivity contribution is 6.27. The Morgan fingerprint density at radius 2 is 1.77 bits per heavy atom. The fourth-order valence-electron chi connectivity index (χ4n) is 2.74. The molecule has 0 amide bonds. The van der Waals surface area contributed by atoms with Gasteiger partial charge >= 0.3 is 0 Å². The van der Waals surface area contributed by atoms with E-state index < -0.39 is 0 Å². The number of fused-ring (bicyclic) bond motifs is 2. The fourth-order valence-corrected chi connectivity index (χ4v) is 2.74. The lowest BCUT2D eigenvalue weighted by atomic mass is 9.83. The van der Waals surface area contributed by atoms with Gasteiger partial charge in [-0.05, 0) is 18.2 Å². The summed E-state index contributed by atoms with van der Waals surface area (Å²) in [6, 6.07) is 11.5. The van der Waals surface area contributed by atoms with Crippen molar-refractivity contribution >= 4 is 17.6 Å². The molecule has 3 heteroatoms. The number of nitrogens with zero attached hydrogens (tertiary/aromatic N) is 1. The van der Waals surface area contributed by atoms with Gasteiger partial charge in [-0.2, -0.15) is 0 Å². The summed E-state index contributed by atoms with van der Waals surface area (Å²) in [7, 11) is 0. The summed E-state index contributed by atoms with van der Waals surface area (Å²) in [6.45, 7) is 0. The second-order valence-electron chi connectivity index (χ2n) is 5.21. The number of carbonyl (C=O) groups is 2. The molecular weight excluding hydrogens is 274 g/mol. The van der Waals surface area contributed by atoms with Crippen molar-refractivity contribution in [2.24, 2.45) is 0 Å². The molecule has 22 heavy (non-hydrogen) atoms. The van der Waals surface area contributed by atoms with E-state index in [1.165, 1.54) is 6.08 Å². The van der Waals surface area contributed by atoms with E-state index in [-0.39, 0.29) is 11.6 Å².